The molecule has 2 aliphatic heterocycles. The zero-order valence-corrected chi connectivity index (χ0v) is 16.4. The highest BCUT2D eigenvalue weighted by Crippen LogP contribution is 2.28. The third kappa shape index (κ3) is 4.06. The molecule has 4 rings (SSSR count). The Bertz CT molecular complexity index is 864. The van der Waals surface area contributed by atoms with Gasteiger partial charge in [-0.25, -0.2) is 4.39 Å². The quantitative estimate of drug-likeness (QED) is 0.764. The van der Waals surface area contributed by atoms with Crippen molar-refractivity contribution in [1.82, 2.24) is 15.5 Å². The molecular formula is C21H21BrFN3O. The molecule has 1 aromatic rings. The van der Waals surface area contributed by atoms with E-state index in [1.54, 1.807) is 30.3 Å². The Morgan fingerprint density at radius 1 is 1.22 bits per heavy atom. The average Bonchev–Trinajstić information content (AvgIpc) is 3.17. The number of fused-ring (bicyclic) bond motifs is 1. The van der Waals surface area contributed by atoms with Gasteiger partial charge in [-0.15, -0.1) is 0 Å². The first kappa shape index (κ1) is 18.2. The van der Waals surface area contributed by atoms with Crippen molar-refractivity contribution in [2.45, 2.75) is 18.9 Å². The lowest BCUT2D eigenvalue weighted by molar-refractivity contribution is 0.0965. The minimum Gasteiger partial charge on any atom is -0.378 e. The van der Waals surface area contributed by atoms with Crippen molar-refractivity contribution in [2.75, 3.05) is 19.6 Å². The SMILES string of the molecule is O=C(NC1=C(F)C2NC=C(CN3CCCC3)C=C2C=C1)c1ccc(Br)cc1. The molecule has 0 spiro atoms. The van der Waals surface area contributed by atoms with E-state index in [1.165, 1.54) is 12.8 Å². The summed E-state index contributed by atoms with van der Waals surface area (Å²) in [6.07, 6.45) is 9.93. The predicted octanol–water partition coefficient (Wildman–Crippen LogP) is 3.81. The Balaban J connectivity index is 1.45. The van der Waals surface area contributed by atoms with Gasteiger partial charge in [-0.1, -0.05) is 28.1 Å². The monoisotopic (exact) mass is 429 g/mol. The predicted molar refractivity (Wildman–Crippen MR) is 108 cm³/mol. The van der Waals surface area contributed by atoms with Gasteiger partial charge >= 0.3 is 0 Å². The van der Waals surface area contributed by atoms with Gasteiger partial charge in [-0.05, 0) is 67.4 Å². The fourth-order valence-electron chi connectivity index (χ4n) is 3.59. The zero-order chi connectivity index (χ0) is 18.8. The number of halogens is 2. The molecule has 3 aliphatic rings. The summed E-state index contributed by atoms with van der Waals surface area (Å²) in [6, 6.07) is 6.42. The maximum Gasteiger partial charge on any atom is 0.255 e. The van der Waals surface area contributed by atoms with Crippen molar-refractivity contribution >= 4 is 21.8 Å². The summed E-state index contributed by atoms with van der Waals surface area (Å²) in [5.41, 5.74) is 2.72. The molecule has 2 N–H and O–H groups in total. The van der Waals surface area contributed by atoms with Crippen molar-refractivity contribution < 1.29 is 9.18 Å². The van der Waals surface area contributed by atoms with Gasteiger partial charge in [0, 0.05) is 22.8 Å². The van der Waals surface area contributed by atoms with Gasteiger partial charge in [0.15, 0.2) is 5.83 Å². The molecule has 1 aliphatic carbocycles. The van der Waals surface area contributed by atoms with Crippen molar-refractivity contribution in [3.63, 3.8) is 0 Å². The lowest BCUT2D eigenvalue weighted by atomic mass is 9.94. The van der Waals surface area contributed by atoms with Crippen LogP contribution in [0.1, 0.15) is 23.2 Å². The van der Waals surface area contributed by atoms with E-state index in [0.29, 0.717) is 5.56 Å². The standard InChI is InChI=1S/C21H21BrFN3O/c22-17-6-3-15(4-7-17)21(27)25-18-8-5-16-11-14(12-24-20(16)19(18)23)13-26-9-1-2-10-26/h3-8,11-12,20,24H,1-2,9-10,13H2,(H,25,27). The van der Waals surface area contributed by atoms with E-state index in [-0.39, 0.29) is 17.4 Å². The van der Waals surface area contributed by atoms with Crippen LogP contribution in [-0.2, 0) is 0 Å². The average molecular weight is 430 g/mol. The van der Waals surface area contributed by atoms with Crippen LogP contribution in [0.2, 0.25) is 0 Å². The molecule has 27 heavy (non-hydrogen) atoms. The second-order valence-electron chi connectivity index (χ2n) is 7.00. The summed E-state index contributed by atoms with van der Waals surface area (Å²) in [4.78, 5) is 14.8. The van der Waals surface area contributed by atoms with Gasteiger partial charge in [0.1, 0.15) is 6.04 Å². The maximum absolute atomic E-state index is 14.9. The molecule has 1 aromatic carbocycles. The third-order valence-electron chi connectivity index (χ3n) is 5.03. The first-order valence-electron chi connectivity index (χ1n) is 9.14. The van der Waals surface area contributed by atoms with Crippen LogP contribution in [0.15, 0.2) is 75.8 Å². The summed E-state index contributed by atoms with van der Waals surface area (Å²) in [5, 5.41) is 5.82. The topological polar surface area (TPSA) is 44.4 Å². The second-order valence-corrected chi connectivity index (χ2v) is 7.92. The van der Waals surface area contributed by atoms with E-state index < -0.39 is 6.04 Å². The second kappa shape index (κ2) is 7.82. The number of likely N-dealkylation sites (tertiary alicyclic amines) is 1. The van der Waals surface area contributed by atoms with E-state index in [1.807, 2.05) is 18.4 Å². The molecule has 0 bridgehead atoms. The maximum atomic E-state index is 14.9. The Hall–Kier alpha value is -2.18. The van der Waals surface area contributed by atoms with Gasteiger partial charge < -0.3 is 10.6 Å². The highest BCUT2D eigenvalue weighted by Gasteiger charge is 2.27. The normalized spacial score (nSPS) is 22.1. The number of nitrogens with one attached hydrogen (secondary N) is 2. The molecule has 0 radical (unpaired) electrons. The minimum atomic E-state index is -0.544. The number of nitrogens with zero attached hydrogens (tertiary/aromatic N) is 1. The molecule has 1 fully saturated rings. The van der Waals surface area contributed by atoms with Gasteiger partial charge in [-0.2, -0.15) is 0 Å². The van der Waals surface area contributed by atoms with Crippen molar-refractivity contribution in [3.8, 4) is 0 Å². The lowest BCUT2D eigenvalue weighted by Gasteiger charge is -2.28. The van der Waals surface area contributed by atoms with E-state index in [9.17, 15) is 9.18 Å². The molecule has 1 amide bonds. The van der Waals surface area contributed by atoms with E-state index in [0.717, 1.165) is 35.3 Å². The number of benzene rings is 1. The van der Waals surface area contributed by atoms with Gasteiger partial charge in [-0.3, -0.25) is 9.69 Å². The molecular weight excluding hydrogens is 409 g/mol. The van der Waals surface area contributed by atoms with E-state index >= 15 is 0 Å². The smallest absolute Gasteiger partial charge is 0.255 e. The van der Waals surface area contributed by atoms with E-state index in [4.69, 9.17) is 0 Å². The molecule has 0 aromatic heterocycles. The van der Waals surface area contributed by atoms with Crippen LogP contribution in [0.5, 0.6) is 0 Å². The molecule has 1 saturated heterocycles. The van der Waals surface area contributed by atoms with Gasteiger partial charge in [0.05, 0.1) is 5.70 Å². The van der Waals surface area contributed by atoms with Crippen molar-refractivity contribution in [2.24, 2.45) is 0 Å². The first-order valence-corrected chi connectivity index (χ1v) is 9.93. The Labute approximate surface area is 166 Å². The number of hydrogen-bond donors (Lipinski definition) is 2. The van der Waals surface area contributed by atoms with Crippen LogP contribution >= 0.6 is 15.9 Å². The number of dihydropyridines is 1. The molecule has 2 heterocycles. The Kier molecular flexibility index (Phi) is 5.27. The lowest BCUT2D eigenvalue weighted by Crippen LogP contribution is -2.36. The summed E-state index contributed by atoms with van der Waals surface area (Å²) in [7, 11) is 0. The molecule has 6 heteroatoms. The minimum absolute atomic E-state index is 0.203. The van der Waals surface area contributed by atoms with E-state index in [2.05, 4.69) is 31.5 Å². The van der Waals surface area contributed by atoms with Crippen molar-refractivity contribution in [3.05, 3.63) is 81.4 Å². The van der Waals surface area contributed by atoms with Crippen LogP contribution in [0.3, 0.4) is 0 Å². The van der Waals surface area contributed by atoms with Gasteiger partial charge in [0.2, 0.25) is 0 Å². The molecule has 4 nitrogen and oxygen atoms in total. The number of rotatable bonds is 4. The third-order valence-corrected chi connectivity index (χ3v) is 5.56. The highest BCUT2D eigenvalue weighted by molar-refractivity contribution is 9.10. The van der Waals surface area contributed by atoms with Crippen molar-refractivity contribution in [1.29, 1.82) is 0 Å². The molecule has 0 saturated carbocycles. The zero-order valence-electron chi connectivity index (χ0n) is 14.8. The summed E-state index contributed by atoms with van der Waals surface area (Å²) < 4.78 is 15.8. The fourth-order valence-corrected chi connectivity index (χ4v) is 3.86. The number of hydrogen-bond acceptors (Lipinski definition) is 3. The Morgan fingerprint density at radius 2 is 1.96 bits per heavy atom. The number of amides is 1. The first-order chi connectivity index (χ1) is 13.1. The Morgan fingerprint density at radius 3 is 2.70 bits per heavy atom. The molecule has 1 atom stereocenters. The highest BCUT2D eigenvalue weighted by atomic mass is 79.9. The number of carbonyl (C=O) groups excluding carboxylic acids is 1. The molecule has 1 unspecified atom stereocenters. The van der Waals surface area contributed by atoms with Crippen LogP contribution in [0.4, 0.5) is 4.39 Å². The summed E-state index contributed by atoms with van der Waals surface area (Å²) in [6.45, 7) is 3.14. The van der Waals surface area contributed by atoms with Crippen LogP contribution in [-0.4, -0.2) is 36.5 Å². The van der Waals surface area contributed by atoms with Crippen LogP contribution in [0.25, 0.3) is 0 Å². The number of carbonyl (C=O) groups is 1. The van der Waals surface area contributed by atoms with Crippen LogP contribution < -0.4 is 10.6 Å². The fraction of sp³-hybridized carbons (Fsp3) is 0.286. The largest absolute Gasteiger partial charge is 0.378 e. The van der Waals surface area contributed by atoms with Gasteiger partial charge in [0.25, 0.3) is 5.91 Å². The summed E-state index contributed by atoms with van der Waals surface area (Å²) in [5.74, 6) is -0.698. The molecule has 140 valence electrons. The summed E-state index contributed by atoms with van der Waals surface area (Å²) >= 11 is 3.34. The van der Waals surface area contributed by atoms with Crippen LogP contribution in [0, 0.1) is 0 Å². The number of allylic oxidation sites excluding steroid dienone is 1.